The molecule has 1 heterocycles. The zero-order chi connectivity index (χ0) is 51.9. The third-order valence-electron chi connectivity index (χ3n) is 11.3. The molecule has 4 aromatic rings. The van der Waals surface area contributed by atoms with Crippen molar-refractivity contribution >= 4 is 43.8 Å². The summed E-state index contributed by atoms with van der Waals surface area (Å²) in [5.74, 6) is -7.01. The van der Waals surface area contributed by atoms with Crippen molar-refractivity contribution in [1.82, 2.24) is 20.9 Å². The highest BCUT2D eigenvalue weighted by molar-refractivity contribution is 7.92. The van der Waals surface area contributed by atoms with Crippen LogP contribution in [0.25, 0.3) is 0 Å². The minimum Gasteiger partial charge on any atom is -0.480 e. The van der Waals surface area contributed by atoms with Crippen LogP contribution in [0.15, 0.2) is 97.3 Å². The molecule has 4 atom stereocenters. The van der Waals surface area contributed by atoms with Crippen LogP contribution in [0.4, 0.5) is 18.4 Å². The number of nitrogens with zero attached hydrogens (tertiary/aromatic N) is 1. The van der Waals surface area contributed by atoms with Crippen LogP contribution in [0.3, 0.4) is 0 Å². The Morgan fingerprint density at radius 1 is 0.757 bits per heavy atom. The van der Waals surface area contributed by atoms with Gasteiger partial charge in [0.05, 0.1) is 16.8 Å². The first-order valence-corrected chi connectivity index (χ1v) is 26.5. The molecule has 0 radical (unpaired) electrons. The van der Waals surface area contributed by atoms with Gasteiger partial charge in [0, 0.05) is 49.8 Å². The van der Waals surface area contributed by atoms with Gasteiger partial charge in [-0.1, -0.05) is 88.2 Å². The Morgan fingerprint density at radius 3 is 1.89 bits per heavy atom. The molecule has 0 aliphatic heterocycles. The zero-order valence-corrected chi connectivity index (χ0v) is 41.4. The fraction of sp³-hybridized carbons (Fsp3) is 0.449. The van der Waals surface area contributed by atoms with Gasteiger partial charge in [0.1, 0.15) is 46.3 Å². The first-order valence-electron chi connectivity index (χ1n) is 22.8. The third-order valence-corrected chi connectivity index (χ3v) is 14.5. The van der Waals surface area contributed by atoms with E-state index in [1.54, 1.807) is 42.5 Å². The number of halogens is 2. The molecule has 70 heavy (non-hydrogen) atoms. The van der Waals surface area contributed by atoms with Gasteiger partial charge in [-0.15, -0.1) is 0 Å². The number of benzene rings is 3. The van der Waals surface area contributed by atoms with Gasteiger partial charge in [-0.2, -0.15) is 0 Å². The summed E-state index contributed by atoms with van der Waals surface area (Å²) >= 11 is 0. The van der Waals surface area contributed by atoms with E-state index in [0.717, 1.165) is 35.9 Å². The maximum Gasteiger partial charge on any atom is 0.408 e. The van der Waals surface area contributed by atoms with Crippen molar-refractivity contribution in [2.75, 3.05) is 24.3 Å². The van der Waals surface area contributed by atoms with Gasteiger partial charge >= 0.3 is 24.1 Å². The van der Waals surface area contributed by atoms with Crippen molar-refractivity contribution in [3.63, 3.8) is 0 Å². The summed E-state index contributed by atoms with van der Waals surface area (Å²) < 4.78 is 87.8. The maximum atomic E-state index is 14.0. The number of hydrogen-bond acceptors (Lipinski definition) is 13. The van der Waals surface area contributed by atoms with Crippen molar-refractivity contribution in [1.29, 1.82) is 0 Å². The number of carboxylic acid groups (broad SMARTS) is 2. The number of rotatable bonds is 27. The van der Waals surface area contributed by atoms with Gasteiger partial charge in [-0.3, -0.25) is 4.98 Å². The van der Waals surface area contributed by atoms with Gasteiger partial charge in [-0.05, 0) is 84.2 Å². The van der Waals surface area contributed by atoms with Gasteiger partial charge < -0.3 is 41.4 Å². The molecule has 0 aliphatic carbocycles. The van der Waals surface area contributed by atoms with Crippen LogP contribution >= 0.6 is 0 Å². The molecule has 0 saturated carbocycles. The smallest absolute Gasteiger partial charge is 0.408 e. The van der Waals surface area contributed by atoms with E-state index < -0.39 is 102 Å². The van der Waals surface area contributed by atoms with Gasteiger partial charge in [0.25, 0.3) is 0 Å². The summed E-state index contributed by atoms with van der Waals surface area (Å²) in [6.45, 7) is 5.75. The van der Waals surface area contributed by atoms with Gasteiger partial charge in [0.2, 0.25) is 0 Å². The third kappa shape index (κ3) is 20.1. The van der Waals surface area contributed by atoms with Gasteiger partial charge in [0.15, 0.2) is 9.84 Å². The standard InChI is InChI=1S/C32H39F2N3O6S.C17H26N2O6S/c1-3-22-10-7-11-24(14-22)19-36-20-28(29(35)17-25-15-26(33)18-27(34)16-25)32(30(38)39,12-13-44(2,41)42)37-31(40)43-21-23-8-5-4-6-9-23;1-3-5-14(6-4-2)26(23,24)12-15(16(20)21)19-17(22)25-11-13-7-9-18-10-8-13/h4-11,14-16,18,28-29,36H,3,12-13,17,19-21,35H2,1-2H3,(H,37,40)(H,38,39);7-10,14-15H,3-6,11-12H2,1-2H3,(H,19,22)(H,20,21)/t28-,29?,32+;15-/m10/s1. The number of carbonyl (C=O) groups is 4. The number of ether oxygens (including phenoxy) is 2. The lowest BCUT2D eigenvalue weighted by atomic mass is 9.75. The average molecular weight is 1020 g/mol. The Hall–Kier alpha value is -6.03. The normalized spacial score (nSPS) is 13.7. The fourth-order valence-electron chi connectivity index (χ4n) is 7.62. The molecule has 7 N–H and O–H groups in total. The molecule has 3 aromatic carbocycles. The number of alkyl carbamates (subject to hydrolysis) is 2. The van der Waals surface area contributed by atoms with Crippen molar-refractivity contribution in [3.05, 3.63) is 137 Å². The average Bonchev–Trinajstić information content (AvgIpc) is 3.30. The Balaban J connectivity index is 0.000000425. The Bertz CT molecular complexity index is 2500. The predicted octanol–water partition coefficient (Wildman–Crippen LogP) is 6.13. The second-order valence-electron chi connectivity index (χ2n) is 16.9. The van der Waals surface area contributed by atoms with Crippen LogP contribution in [0.2, 0.25) is 0 Å². The minimum atomic E-state index is -3.70. The molecule has 1 aromatic heterocycles. The molecule has 0 bridgehead atoms. The number of aryl methyl sites for hydroxylation is 1. The van der Waals surface area contributed by atoms with E-state index in [-0.39, 0.29) is 31.7 Å². The first kappa shape index (κ1) is 58.3. The molecule has 384 valence electrons. The quantitative estimate of drug-likeness (QED) is 0.0392. The SMILES string of the molecule is CCCC(CCC)S(=O)(=O)C[C@H](NC(=O)OCc1ccncc1)C(=O)O.CCc1cccc(CNC[C@H](C(N)Cc2cc(F)cc(F)c2)[C@](CCS(C)(=O)=O)(NC(=O)OCc2ccccc2)C(=O)O)c1. The molecule has 2 amide bonds. The van der Waals surface area contributed by atoms with E-state index in [0.29, 0.717) is 49.4 Å². The second kappa shape index (κ2) is 28.6. The highest BCUT2D eigenvalue weighted by atomic mass is 32.2. The highest BCUT2D eigenvalue weighted by Gasteiger charge is 2.50. The van der Waals surface area contributed by atoms with Crippen molar-refractivity contribution in [3.8, 4) is 0 Å². The number of pyridine rings is 1. The molecule has 0 saturated heterocycles. The Kier molecular flexibility index (Phi) is 23.8. The van der Waals surface area contributed by atoms with Crippen LogP contribution in [0.1, 0.15) is 80.7 Å². The van der Waals surface area contributed by atoms with Gasteiger partial charge in [-0.25, -0.2) is 44.8 Å². The number of carboxylic acids is 2. The van der Waals surface area contributed by atoms with Crippen molar-refractivity contribution in [2.45, 2.75) is 108 Å². The number of hydrogen-bond donors (Lipinski definition) is 6. The number of aromatic nitrogens is 1. The first-order chi connectivity index (χ1) is 33.1. The summed E-state index contributed by atoms with van der Waals surface area (Å²) in [5, 5.41) is 27.1. The van der Waals surface area contributed by atoms with E-state index in [1.807, 2.05) is 45.0 Å². The number of aliphatic carboxylic acids is 2. The van der Waals surface area contributed by atoms with Crippen LogP contribution < -0.4 is 21.7 Å². The number of nitrogens with one attached hydrogen (secondary N) is 3. The largest absolute Gasteiger partial charge is 0.480 e. The molecule has 0 aliphatic rings. The summed E-state index contributed by atoms with van der Waals surface area (Å²) in [6, 6.07) is 20.0. The maximum absolute atomic E-state index is 14.0. The highest BCUT2D eigenvalue weighted by Crippen LogP contribution is 2.29. The van der Waals surface area contributed by atoms with Crippen molar-refractivity contribution in [2.24, 2.45) is 11.7 Å². The van der Waals surface area contributed by atoms with E-state index in [4.69, 9.17) is 15.2 Å². The number of sulfone groups is 2. The monoisotopic (exact) mass is 1020 g/mol. The van der Waals surface area contributed by atoms with Crippen molar-refractivity contribution < 1.29 is 64.5 Å². The van der Waals surface area contributed by atoms with Crippen LogP contribution in [0, 0.1) is 17.6 Å². The molecule has 4 rings (SSSR count). The molecular weight excluding hydrogens is 953 g/mol. The lowest BCUT2D eigenvalue weighted by Crippen LogP contribution is -2.66. The molecule has 1 unspecified atom stereocenters. The molecular formula is C49H65F2N5O12S2. The summed E-state index contributed by atoms with van der Waals surface area (Å²) in [4.78, 5) is 53.2. The molecule has 0 fully saturated rings. The predicted molar refractivity (Wildman–Crippen MR) is 260 cm³/mol. The van der Waals surface area contributed by atoms with E-state index in [2.05, 4.69) is 20.9 Å². The lowest BCUT2D eigenvalue weighted by Gasteiger charge is -2.41. The number of carbonyl (C=O) groups excluding carboxylic acids is 2. The topological polar surface area (TPSA) is 270 Å². The molecule has 21 heteroatoms. The Morgan fingerprint density at radius 2 is 1.33 bits per heavy atom. The summed E-state index contributed by atoms with van der Waals surface area (Å²) in [5.41, 5.74) is 7.87. The number of nitrogens with two attached hydrogens (primary N) is 1. The van der Waals surface area contributed by atoms with E-state index in [1.165, 1.54) is 12.4 Å². The molecule has 17 nitrogen and oxygen atoms in total. The van der Waals surface area contributed by atoms with Crippen LogP contribution in [-0.4, -0.2) is 103 Å². The van der Waals surface area contributed by atoms with Crippen LogP contribution in [0.5, 0.6) is 0 Å². The van der Waals surface area contributed by atoms with E-state index >= 15 is 0 Å². The molecule has 0 spiro atoms. The second-order valence-corrected chi connectivity index (χ2v) is 21.5. The summed E-state index contributed by atoms with van der Waals surface area (Å²) in [7, 11) is -7.36. The number of amides is 2. The van der Waals surface area contributed by atoms with Crippen LogP contribution in [-0.2, 0) is 71.3 Å². The summed E-state index contributed by atoms with van der Waals surface area (Å²) in [6.07, 6.45) is 4.36. The van der Waals surface area contributed by atoms with E-state index in [9.17, 15) is 55.0 Å². The fourth-order valence-corrected chi connectivity index (χ4v) is 10.5. The minimum absolute atomic E-state index is 0.0677. The lowest BCUT2D eigenvalue weighted by molar-refractivity contribution is -0.148. The zero-order valence-electron chi connectivity index (χ0n) is 39.8. The Labute approximate surface area is 408 Å².